The van der Waals surface area contributed by atoms with Gasteiger partial charge in [0.05, 0.1) is 18.0 Å². The average Bonchev–Trinajstić information content (AvgIpc) is 2.27. The summed E-state index contributed by atoms with van der Waals surface area (Å²) in [4.78, 5) is 4.22. The van der Waals surface area contributed by atoms with Gasteiger partial charge < -0.3 is 15.8 Å². The number of nitrogens with one attached hydrogen (secondary N) is 1. The molecule has 0 amide bonds. The number of hydrogen-bond donors (Lipinski definition) is 2. The van der Waals surface area contributed by atoms with Gasteiger partial charge in [0.2, 0.25) is 0 Å². The first kappa shape index (κ1) is 13.8. The van der Waals surface area contributed by atoms with Crippen LogP contribution < -0.4 is 11.1 Å². The Bertz CT molecular complexity index is 339. The van der Waals surface area contributed by atoms with E-state index in [-0.39, 0.29) is 0 Å². The normalized spacial score (nSPS) is 10.8. The van der Waals surface area contributed by atoms with E-state index in [2.05, 4.69) is 24.1 Å². The number of nitrogens with zero attached hydrogens (tertiary/aromatic N) is 1. The number of unbranched alkanes of at least 4 members (excludes halogenated alkanes) is 1. The third kappa shape index (κ3) is 5.54. The maximum absolute atomic E-state index is 5.70. The molecule has 0 aliphatic rings. The van der Waals surface area contributed by atoms with Gasteiger partial charge in [-0.3, -0.25) is 0 Å². The van der Waals surface area contributed by atoms with Gasteiger partial charge in [-0.2, -0.15) is 0 Å². The minimum absolute atomic E-state index is 0.323. The number of nitrogens with two attached hydrogens (primary N) is 1. The van der Waals surface area contributed by atoms with Crippen molar-refractivity contribution in [1.82, 2.24) is 4.98 Å². The molecule has 0 saturated carbocycles. The number of pyridine rings is 1. The van der Waals surface area contributed by atoms with Gasteiger partial charge >= 0.3 is 0 Å². The largest absolute Gasteiger partial charge is 0.397 e. The van der Waals surface area contributed by atoms with Gasteiger partial charge in [0.25, 0.3) is 0 Å². The van der Waals surface area contributed by atoms with Crippen molar-refractivity contribution in [2.24, 2.45) is 0 Å². The Morgan fingerprint density at radius 2 is 2.18 bits per heavy atom. The van der Waals surface area contributed by atoms with Crippen LogP contribution in [0.25, 0.3) is 0 Å². The summed E-state index contributed by atoms with van der Waals surface area (Å²) in [6.07, 6.45) is 4.17. The fourth-order valence-electron chi connectivity index (χ4n) is 1.43. The topological polar surface area (TPSA) is 60.2 Å². The quantitative estimate of drug-likeness (QED) is 0.716. The summed E-state index contributed by atoms with van der Waals surface area (Å²) < 4.78 is 5.47. The highest BCUT2D eigenvalue weighted by Gasteiger charge is 1.98. The van der Waals surface area contributed by atoms with Crippen LogP contribution in [-0.4, -0.2) is 24.2 Å². The van der Waals surface area contributed by atoms with Crippen molar-refractivity contribution < 1.29 is 4.74 Å². The van der Waals surface area contributed by atoms with Gasteiger partial charge in [-0.25, -0.2) is 4.98 Å². The lowest BCUT2D eigenvalue weighted by Crippen LogP contribution is -2.08. The summed E-state index contributed by atoms with van der Waals surface area (Å²) in [5.74, 6) is 0.890. The molecule has 0 fully saturated rings. The lowest BCUT2D eigenvalue weighted by Gasteiger charge is -2.09. The van der Waals surface area contributed by atoms with Crippen molar-refractivity contribution in [1.29, 1.82) is 0 Å². The summed E-state index contributed by atoms with van der Waals surface area (Å²) in [5, 5.41) is 3.28. The Morgan fingerprint density at radius 3 is 2.82 bits per heavy atom. The molecule has 17 heavy (non-hydrogen) atoms. The molecule has 0 saturated heterocycles. The second-order valence-electron chi connectivity index (χ2n) is 4.48. The molecule has 1 rings (SSSR count). The van der Waals surface area contributed by atoms with E-state index in [1.165, 1.54) is 0 Å². The van der Waals surface area contributed by atoms with E-state index < -0.39 is 0 Å². The van der Waals surface area contributed by atoms with Gasteiger partial charge in [0.1, 0.15) is 5.82 Å². The molecule has 4 heteroatoms. The lowest BCUT2D eigenvalue weighted by atomic mass is 10.2. The minimum Gasteiger partial charge on any atom is -0.397 e. The number of anilines is 2. The Morgan fingerprint density at radius 1 is 1.41 bits per heavy atom. The van der Waals surface area contributed by atoms with Gasteiger partial charge in [-0.05, 0) is 45.2 Å². The third-order valence-corrected chi connectivity index (χ3v) is 2.48. The van der Waals surface area contributed by atoms with Gasteiger partial charge in [-0.1, -0.05) is 0 Å². The molecule has 0 aliphatic carbocycles. The molecule has 1 aromatic heterocycles. The van der Waals surface area contributed by atoms with Crippen molar-refractivity contribution in [2.45, 2.75) is 39.7 Å². The molecule has 0 bridgehead atoms. The molecule has 4 nitrogen and oxygen atoms in total. The summed E-state index contributed by atoms with van der Waals surface area (Å²) in [7, 11) is 0. The molecular formula is C13H23N3O. The van der Waals surface area contributed by atoms with Crippen LogP contribution in [-0.2, 0) is 4.74 Å². The second-order valence-corrected chi connectivity index (χ2v) is 4.48. The average molecular weight is 237 g/mol. The molecule has 0 spiro atoms. The van der Waals surface area contributed by atoms with Crippen LogP contribution in [0, 0.1) is 6.92 Å². The number of rotatable bonds is 7. The number of nitrogen functional groups attached to an aromatic ring is 1. The smallest absolute Gasteiger partial charge is 0.126 e. The molecule has 0 radical (unpaired) electrons. The first-order valence-electron chi connectivity index (χ1n) is 6.17. The Balaban J connectivity index is 2.16. The van der Waals surface area contributed by atoms with Crippen molar-refractivity contribution >= 4 is 11.5 Å². The molecule has 96 valence electrons. The van der Waals surface area contributed by atoms with Crippen molar-refractivity contribution in [2.75, 3.05) is 24.2 Å². The van der Waals surface area contributed by atoms with Crippen molar-refractivity contribution in [3.05, 3.63) is 17.8 Å². The Kier molecular flexibility index (Phi) is 5.77. The highest BCUT2D eigenvalue weighted by molar-refractivity contribution is 5.50. The summed E-state index contributed by atoms with van der Waals surface area (Å²) >= 11 is 0. The second kappa shape index (κ2) is 7.12. The monoisotopic (exact) mass is 237 g/mol. The summed E-state index contributed by atoms with van der Waals surface area (Å²) in [6, 6.07) is 1.97. The van der Waals surface area contributed by atoms with Gasteiger partial charge in [0.15, 0.2) is 0 Å². The van der Waals surface area contributed by atoms with Crippen LogP contribution in [0.3, 0.4) is 0 Å². The van der Waals surface area contributed by atoms with Crippen LogP contribution in [0.1, 0.15) is 32.3 Å². The van der Waals surface area contributed by atoms with Gasteiger partial charge in [-0.15, -0.1) is 0 Å². The highest BCUT2D eigenvalue weighted by Crippen LogP contribution is 2.12. The molecule has 0 aliphatic heterocycles. The van der Waals surface area contributed by atoms with E-state index in [1.807, 2.05) is 13.0 Å². The van der Waals surface area contributed by atoms with Crippen molar-refractivity contribution in [3.8, 4) is 0 Å². The van der Waals surface area contributed by atoms with E-state index >= 15 is 0 Å². The summed E-state index contributed by atoms with van der Waals surface area (Å²) in [5.41, 5.74) is 7.50. The zero-order valence-electron chi connectivity index (χ0n) is 11.0. The Hall–Kier alpha value is -1.29. The number of aromatic nitrogens is 1. The fourth-order valence-corrected chi connectivity index (χ4v) is 1.43. The first-order chi connectivity index (χ1) is 8.09. The third-order valence-electron chi connectivity index (χ3n) is 2.48. The van der Waals surface area contributed by atoms with E-state index in [9.17, 15) is 0 Å². The fraction of sp³-hybridized carbons (Fsp3) is 0.615. The predicted octanol–water partition coefficient (Wildman–Crippen LogP) is 2.59. The molecule has 0 unspecified atom stereocenters. The zero-order valence-corrected chi connectivity index (χ0v) is 11.0. The molecular weight excluding hydrogens is 214 g/mol. The van der Waals surface area contributed by atoms with Crippen LogP contribution in [0.15, 0.2) is 12.3 Å². The first-order valence-corrected chi connectivity index (χ1v) is 6.17. The molecule has 0 atom stereocenters. The Labute approximate surface area is 104 Å². The highest BCUT2D eigenvalue weighted by atomic mass is 16.5. The maximum Gasteiger partial charge on any atom is 0.126 e. The molecule has 3 N–H and O–H groups in total. The number of hydrogen-bond acceptors (Lipinski definition) is 4. The van der Waals surface area contributed by atoms with Gasteiger partial charge in [0, 0.05) is 13.2 Å². The lowest BCUT2D eigenvalue weighted by molar-refractivity contribution is 0.0765. The standard InChI is InChI=1S/C13H23N3O/c1-10(2)17-7-5-4-6-15-13-8-11(3)12(14)9-16-13/h8-10H,4-7,14H2,1-3H3,(H,15,16). The summed E-state index contributed by atoms with van der Waals surface area (Å²) in [6.45, 7) is 7.84. The molecule has 1 aromatic rings. The van der Waals surface area contributed by atoms with E-state index in [4.69, 9.17) is 10.5 Å². The zero-order chi connectivity index (χ0) is 12.7. The van der Waals surface area contributed by atoms with Crippen molar-refractivity contribution in [3.63, 3.8) is 0 Å². The molecule has 0 aromatic carbocycles. The van der Waals surface area contributed by atoms with Crippen LogP contribution in [0.2, 0.25) is 0 Å². The van der Waals surface area contributed by atoms with Crippen LogP contribution in [0.5, 0.6) is 0 Å². The van der Waals surface area contributed by atoms with E-state index in [0.29, 0.717) is 6.10 Å². The predicted molar refractivity (Wildman–Crippen MR) is 72.2 cm³/mol. The van der Waals surface area contributed by atoms with Crippen LogP contribution in [0.4, 0.5) is 11.5 Å². The van der Waals surface area contributed by atoms with E-state index in [0.717, 1.165) is 43.1 Å². The number of aryl methyl sites for hydroxylation is 1. The number of ether oxygens (including phenoxy) is 1. The molecule has 1 heterocycles. The minimum atomic E-state index is 0.323. The van der Waals surface area contributed by atoms with Crippen LogP contribution >= 0.6 is 0 Å². The van der Waals surface area contributed by atoms with E-state index in [1.54, 1.807) is 6.20 Å². The SMILES string of the molecule is Cc1cc(NCCCCOC(C)C)ncc1N. The maximum atomic E-state index is 5.70.